The van der Waals surface area contributed by atoms with Crippen LogP contribution in [0.2, 0.25) is 0 Å². The zero-order chi connectivity index (χ0) is 13.1. The lowest BCUT2D eigenvalue weighted by Crippen LogP contribution is -2.10. The first-order valence-corrected chi connectivity index (χ1v) is 5.93. The summed E-state index contributed by atoms with van der Waals surface area (Å²) >= 11 is 0.956. The van der Waals surface area contributed by atoms with Crippen molar-refractivity contribution < 1.29 is 18.7 Å². The fourth-order valence-electron chi connectivity index (χ4n) is 1.17. The normalized spacial score (nSPS) is 12.3. The van der Waals surface area contributed by atoms with Crippen LogP contribution in [-0.4, -0.2) is 26.5 Å². The molecule has 1 heterocycles. The minimum atomic E-state index is -0.957. The highest BCUT2D eigenvalue weighted by molar-refractivity contribution is 8.00. The third-order valence-electron chi connectivity index (χ3n) is 2.12. The Labute approximate surface area is 106 Å². The van der Waals surface area contributed by atoms with E-state index in [4.69, 9.17) is 9.52 Å². The van der Waals surface area contributed by atoms with Crippen molar-refractivity contribution >= 4 is 17.7 Å². The van der Waals surface area contributed by atoms with Gasteiger partial charge in [0, 0.05) is 5.56 Å². The summed E-state index contributed by atoms with van der Waals surface area (Å²) in [7, 11) is 0. The van der Waals surface area contributed by atoms with Gasteiger partial charge in [0.2, 0.25) is 5.89 Å². The molecule has 0 aliphatic carbocycles. The third kappa shape index (κ3) is 2.86. The molecule has 0 bridgehead atoms. The molecule has 7 heteroatoms. The van der Waals surface area contributed by atoms with Gasteiger partial charge in [0.25, 0.3) is 5.22 Å². The molecule has 0 aliphatic heterocycles. The van der Waals surface area contributed by atoms with Crippen LogP contribution in [0, 0.1) is 5.82 Å². The second-order valence-corrected chi connectivity index (χ2v) is 4.77. The molecule has 0 spiro atoms. The van der Waals surface area contributed by atoms with Gasteiger partial charge < -0.3 is 9.52 Å². The molecule has 2 rings (SSSR count). The number of hydrogen-bond acceptors (Lipinski definition) is 5. The fraction of sp³-hybridized carbons (Fsp3) is 0.182. The number of benzene rings is 1. The second kappa shape index (κ2) is 5.18. The van der Waals surface area contributed by atoms with Crippen LogP contribution in [0.3, 0.4) is 0 Å². The SMILES string of the molecule is C[C@@H](Sc1nnc(-c2ccc(F)cc2)o1)C(=O)O. The molecule has 18 heavy (non-hydrogen) atoms. The van der Waals surface area contributed by atoms with Gasteiger partial charge in [-0.1, -0.05) is 11.8 Å². The van der Waals surface area contributed by atoms with Gasteiger partial charge in [0.15, 0.2) is 0 Å². The van der Waals surface area contributed by atoms with E-state index in [1.807, 2.05) is 0 Å². The molecule has 0 fully saturated rings. The number of carbonyl (C=O) groups is 1. The fourth-order valence-corrected chi connectivity index (χ4v) is 1.79. The average molecular weight is 268 g/mol. The molecule has 2 aromatic rings. The Balaban J connectivity index is 2.15. The largest absolute Gasteiger partial charge is 0.480 e. The van der Waals surface area contributed by atoms with Gasteiger partial charge in [-0.3, -0.25) is 4.79 Å². The quantitative estimate of drug-likeness (QED) is 0.858. The molecule has 1 aromatic heterocycles. The highest BCUT2D eigenvalue weighted by atomic mass is 32.2. The molecular formula is C11H9FN2O3S. The van der Waals surface area contributed by atoms with Crippen LogP contribution in [0.5, 0.6) is 0 Å². The molecule has 1 atom stereocenters. The summed E-state index contributed by atoms with van der Waals surface area (Å²) in [4.78, 5) is 10.7. The average Bonchev–Trinajstić information content (AvgIpc) is 2.78. The molecule has 1 N–H and O–H groups in total. The molecule has 94 valence electrons. The van der Waals surface area contributed by atoms with Crippen molar-refractivity contribution in [3.63, 3.8) is 0 Å². The number of carboxylic acids is 1. The van der Waals surface area contributed by atoms with Gasteiger partial charge in [-0.25, -0.2) is 4.39 Å². The van der Waals surface area contributed by atoms with Crippen molar-refractivity contribution in [2.45, 2.75) is 17.4 Å². The number of nitrogens with zero attached hydrogens (tertiary/aromatic N) is 2. The number of aromatic nitrogens is 2. The van der Waals surface area contributed by atoms with Crippen molar-refractivity contribution in [2.24, 2.45) is 0 Å². The van der Waals surface area contributed by atoms with Crippen LogP contribution in [0.25, 0.3) is 11.5 Å². The zero-order valence-corrected chi connectivity index (χ0v) is 10.1. The van der Waals surface area contributed by atoms with E-state index in [1.54, 1.807) is 0 Å². The molecule has 0 saturated heterocycles. The highest BCUT2D eigenvalue weighted by Crippen LogP contribution is 2.26. The third-order valence-corrected chi connectivity index (χ3v) is 3.04. The maximum atomic E-state index is 12.7. The number of thioether (sulfide) groups is 1. The summed E-state index contributed by atoms with van der Waals surface area (Å²) in [5.74, 6) is -1.08. The number of rotatable bonds is 4. The predicted octanol–water partition coefficient (Wildman–Crippen LogP) is 2.44. The van der Waals surface area contributed by atoms with E-state index in [-0.39, 0.29) is 16.9 Å². The summed E-state index contributed by atoms with van der Waals surface area (Å²) in [6.45, 7) is 1.52. The molecular weight excluding hydrogens is 259 g/mol. The summed E-state index contributed by atoms with van der Waals surface area (Å²) in [5, 5.41) is 15.7. The van der Waals surface area contributed by atoms with Crippen LogP contribution in [0.1, 0.15) is 6.92 Å². The molecule has 5 nitrogen and oxygen atoms in total. The summed E-state index contributed by atoms with van der Waals surface area (Å²) in [6.07, 6.45) is 0. The number of hydrogen-bond donors (Lipinski definition) is 1. The first-order chi connectivity index (χ1) is 8.56. The minimum absolute atomic E-state index is 0.171. The lowest BCUT2D eigenvalue weighted by molar-refractivity contribution is -0.136. The standard InChI is InChI=1S/C11H9FN2O3S/c1-6(10(15)16)18-11-14-13-9(17-11)7-2-4-8(12)5-3-7/h2-6H,1H3,(H,15,16)/t6-/m1/s1. The highest BCUT2D eigenvalue weighted by Gasteiger charge is 2.17. The lowest BCUT2D eigenvalue weighted by Gasteiger charge is -1.99. The maximum absolute atomic E-state index is 12.7. The van der Waals surface area contributed by atoms with Gasteiger partial charge in [-0.15, -0.1) is 10.2 Å². The van der Waals surface area contributed by atoms with Crippen LogP contribution in [-0.2, 0) is 4.79 Å². The van der Waals surface area contributed by atoms with Gasteiger partial charge in [0.1, 0.15) is 11.1 Å². The molecule has 0 saturated carbocycles. The number of carboxylic acid groups (broad SMARTS) is 1. The molecule has 1 aromatic carbocycles. The number of aliphatic carboxylic acids is 1. The van der Waals surface area contributed by atoms with Crippen LogP contribution >= 0.6 is 11.8 Å². The Kier molecular flexibility index (Phi) is 3.61. The summed E-state index contributed by atoms with van der Waals surface area (Å²) in [5.41, 5.74) is 0.582. The second-order valence-electron chi connectivity index (χ2n) is 3.48. The van der Waals surface area contributed by atoms with Crippen LogP contribution < -0.4 is 0 Å². The van der Waals surface area contributed by atoms with Crippen molar-refractivity contribution in [3.8, 4) is 11.5 Å². The smallest absolute Gasteiger partial charge is 0.316 e. The van der Waals surface area contributed by atoms with E-state index in [2.05, 4.69) is 10.2 Å². The Bertz CT molecular complexity index is 556. The summed E-state index contributed by atoms with van der Waals surface area (Å²) in [6, 6.07) is 5.59. The number of halogens is 1. The zero-order valence-electron chi connectivity index (χ0n) is 9.33. The Morgan fingerprint density at radius 3 is 2.67 bits per heavy atom. The van der Waals surface area contributed by atoms with Gasteiger partial charge in [-0.2, -0.15) is 0 Å². The monoisotopic (exact) mass is 268 g/mol. The topological polar surface area (TPSA) is 76.2 Å². The lowest BCUT2D eigenvalue weighted by atomic mass is 10.2. The van der Waals surface area contributed by atoms with Crippen LogP contribution in [0.4, 0.5) is 4.39 Å². The van der Waals surface area contributed by atoms with Crippen molar-refractivity contribution in [1.82, 2.24) is 10.2 Å². The summed E-state index contributed by atoms with van der Waals surface area (Å²) < 4.78 is 18.0. The van der Waals surface area contributed by atoms with Crippen molar-refractivity contribution in [2.75, 3.05) is 0 Å². The van der Waals surface area contributed by atoms with Gasteiger partial charge in [0.05, 0.1) is 0 Å². The van der Waals surface area contributed by atoms with E-state index >= 15 is 0 Å². The molecule has 0 radical (unpaired) electrons. The van der Waals surface area contributed by atoms with Gasteiger partial charge in [-0.05, 0) is 31.2 Å². The van der Waals surface area contributed by atoms with E-state index in [9.17, 15) is 9.18 Å². The molecule has 0 aliphatic rings. The first kappa shape index (κ1) is 12.6. The van der Waals surface area contributed by atoms with Crippen molar-refractivity contribution in [3.05, 3.63) is 30.1 Å². The van der Waals surface area contributed by atoms with Crippen LogP contribution in [0.15, 0.2) is 33.9 Å². The first-order valence-electron chi connectivity index (χ1n) is 5.05. The molecule has 0 unspecified atom stereocenters. The maximum Gasteiger partial charge on any atom is 0.316 e. The Morgan fingerprint density at radius 2 is 2.06 bits per heavy atom. The van der Waals surface area contributed by atoms with E-state index in [0.717, 1.165) is 11.8 Å². The van der Waals surface area contributed by atoms with E-state index < -0.39 is 11.2 Å². The van der Waals surface area contributed by atoms with E-state index in [0.29, 0.717) is 5.56 Å². The Hall–Kier alpha value is -1.89. The van der Waals surface area contributed by atoms with Gasteiger partial charge >= 0.3 is 5.97 Å². The van der Waals surface area contributed by atoms with E-state index in [1.165, 1.54) is 31.2 Å². The predicted molar refractivity (Wildman–Crippen MR) is 62.6 cm³/mol. The molecule has 0 amide bonds. The Morgan fingerprint density at radius 1 is 1.39 bits per heavy atom. The van der Waals surface area contributed by atoms with Crippen molar-refractivity contribution in [1.29, 1.82) is 0 Å². The minimum Gasteiger partial charge on any atom is -0.480 e.